The van der Waals surface area contributed by atoms with Crippen LogP contribution in [0.3, 0.4) is 0 Å². The molecule has 13 heavy (non-hydrogen) atoms. The van der Waals surface area contributed by atoms with Crippen LogP contribution in [0, 0.1) is 0 Å². The van der Waals surface area contributed by atoms with Crippen LogP contribution in [0.1, 0.15) is 12.8 Å². The zero-order chi connectivity index (χ0) is 9.26. The quantitative estimate of drug-likeness (QED) is 0.762. The van der Waals surface area contributed by atoms with Crippen LogP contribution >= 0.6 is 0 Å². The second-order valence-electron chi connectivity index (χ2n) is 3.69. The summed E-state index contributed by atoms with van der Waals surface area (Å²) in [7, 11) is 4.03. The standard InChI is InChI=1S/C10H15N3/c1-13(2)10-9(4-3-7-11-10)12-8-5-6-8/h3-4,7-8,12H,5-6H2,1-2H3. The molecule has 0 unspecified atom stereocenters. The van der Waals surface area contributed by atoms with Crippen molar-refractivity contribution in [2.45, 2.75) is 18.9 Å². The van der Waals surface area contributed by atoms with Gasteiger partial charge in [0, 0.05) is 26.3 Å². The third-order valence-corrected chi connectivity index (χ3v) is 2.15. The average Bonchev–Trinajstić information content (AvgIpc) is 2.89. The Balaban J connectivity index is 2.20. The molecule has 1 heterocycles. The van der Waals surface area contributed by atoms with Gasteiger partial charge in [-0.15, -0.1) is 0 Å². The molecule has 0 aromatic carbocycles. The van der Waals surface area contributed by atoms with Gasteiger partial charge in [0.15, 0.2) is 5.82 Å². The molecule has 0 aliphatic heterocycles. The third kappa shape index (κ3) is 1.91. The number of anilines is 2. The van der Waals surface area contributed by atoms with E-state index in [0.29, 0.717) is 6.04 Å². The average molecular weight is 177 g/mol. The van der Waals surface area contributed by atoms with Crippen LogP contribution in [0.25, 0.3) is 0 Å². The monoisotopic (exact) mass is 177 g/mol. The SMILES string of the molecule is CN(C)c1ncccc1NC1CC1. The number of rotatable bonds is 3. The summed E-state index contributed by atoms with van der Waals surface area (Å²) in [6.45, 7) is 0. The molecule has 0 saturated heterocycles. The highest BCUT2D eigenvalue weighted by Gasteiger charge is 2.22. The van der Waals surface area contributed by atoms with Crippen LogP contribution in [0.5, 0.6) is 0 Å². The topological polar surface area (TPSA) is 28.2 Å². The minimum Gasteiger partial charge on any atom is -0.379 e. The highest BCUT2D eigenvalue weighted by Crippen LogP contribution is 2.28. The van der Waals surface area contributed by atoms with E-state index in [1.54, 1.807) is 0 Å². The molecule has 1 aromatic heterocycles. The molecule has 3 nitrogen and oxygen atoms in total. The van der Waals surface area contributed by atoms with Crippen LogP contribution in [0.15, 0.2) is 18.3 Å². The summed E-state index contributed by atoms with van der Waals surface area (Å²) >= 11 is 0. The van der Waals surface area contributed by atoms with Crippen molar-refractivity contribution in [1.82, 2.24) is 4.98 Å². The van der Waals surface area contributed by atoms with E-state index >= 15 is 0 Å². The Morgan fingerprint density at radius 3 is 2.85 bits per heavy atom. The highest BCUT2D eigenvalue weighted by molar-refractivity contribution is 5.65. The zero-order valence-corrected chi connectivity index (χ0v) is 8.12. The van der Waals surface area contributed by atoms with E-state index in [1.807, 2.05) is 31.3 Å². The number of nitrogens with zero attached hydrogens (tertiary/aromatic N) is 2. The first kappa shape index (κ1) is 8.35. The lowest BCUT2D eigenvalue weighted by atomic mass is 10.3. The minimum absolute atomic E-state index is 0.683. The van der Waals surface area contributed by atoms with Gasteiger partial charge >= 0.3 is 0 Å². The molecule has 1 aliphatic rings. The molecule has 1 N–H and O–H groups in total. The molecule has 2 rings (SSSR count). The van der Waals surface area contributed by atoms with E-state index in [-0.39, 0.29) is 0 Å². The summed E-state index contributed by atoms with van der Waals surface area (Å²) in [4.78, 5) is 6.35. The van der Waals surface area contributed by atoms with Gasteiger partial charge in [-0.05, 0) is 25.0 Å². The fraction of sp³-hybridized carbons (Fsp3) is 0.500. The van der Waals surface area contributed by atoms with Gasteiger partial charge in [0.1, 0.15) is 0 Å². The molecular formula is C10H15N3. The van der Waals surface area contributed by atoms with Crippen LogP contribution in [0.2, 0.25) is 0 Å². The fourth-order valence-electron chi connectivity index (χ4n) is 1.31. The van der Waals surface area contributed by atoms with Crippen molar-refractivity contribution in [1.29, 1.82) is 0 Å². The number of aromatic nitrogens is 1. The van der Waals surface area contributed by atoms with Gasteiger partial charge in [-0.25, -0.2) is 4.98 Å². The van der Waals surface area contributed by atoms with Crippen LogP contribution in [0.4, 0.5) is 11.5 Å². The molecule has 3 heteroatoms. The van der Waals surface area contributed by atoms with Gasteiger partial charge in [-0.1, -0.05) is 0 Å². The van der Waals surface area contributed by atoms with Crippen molar-refractivity contribution in [3.8, 4) is 0 Å². The maximum absolute atomic E-state index is 4.32. The zero-order valence-electron chi connectivity index (χ0n) is 8.12. The molecule has 70 valence electrons. The van der Waals surface area contributed by atoms with Crippen molar-refractivity contribution >= 4 is 11.5 Å². The van der Waals surface area contributed by atoms with Gasteiger partial charge in [0.2, 0.25) is 0 Å². The summed E-state index contributed by atoms with van der Waals surface area (Å²) < 4.78 is 0. The Bertz CT molecular complexity index is 292. The largest absolute Gasteiger partial charge is 0.379 e. The Kier molecular flexibility index (Phi) is 2.08. The van der Waals surface area contributed by atoms with E-state index in [1.165, 1.54) is 12.8 Å². The number of pyridine rings is 1. The summed E-state index contributed by atoms with van der Waals surface area (Å²) in [6.07, 6.45) is 4.41. The van der Waals surface area contributed by atoms with Crippen molar-refractivity contribution in [3.63, 3.8) is 0 Å². The first-order valence-corrected chi connectivity index (χ1v) is 4.66. The van der Waals surface area contributed by atoms with Crippen LogP contribution in [-0.2, 0) is 0 Å². The highest BCUT2D eigenvalue weighted by atomic mass is 15.2. The Morgan fingerprint density at radius 2 is 2.23 bits per heavy atom. The fourth-order valence-corrected chi connectivity index (χ4v) is 1.31. The Labute approximate surface area is 78.8 Å². The summed E-state index contributed by atoms with van der Waals surface area (Å²) in [5.41, 5.74) is 1.15. The van der Waals surface area contributed by atoms with Crippen molar-refractivity contribution < 1.29 is 0 Å². The lowest BCUT2D eigenvalue weighted by Gasteiger charge is -2.16. The number of hydrogen-bond acceptors (Lipinski definition) is 3. The van der Waals surface area contributed by atoms with Crippen molar-refractivity contribution in [2.75, 3.05) is 24.3 Å². The normalized spacial score (nSPS) is 15.5. The summed E-state index contributed by atoms with van der Waals surface area (Å²) in [5.74, 6) is 1.02. The van der Waals surface area contributed by atoms with Gasteiger partial charge in [0.25, 0.3) is 0 Å². The molecular weight excluding hydrogens is 162 g/mol. The number of nitrogens with one attached hydrogen (secondary N) is 1. The summed E-state index contributed by atoms with van der Waals surface area (Å²) in [5, 5.41) is 3.46. The van der Waals surface area contributed by atoms with Gasteiger partial charge < -0.3 is 10.2 Å². The Hall–Kier alpha value is -1.25. The molecule has 0 spiro atoms. The first-order valence-electron chi connectivity index (χ1n) is 4.66. The van der Waals surface area contributed by atoms with E-state index in [4.69, 9.17) is 0 Å². The molecule has 0 atom stereocenters. The van der Waals surface area contributed by atoms with Gasteiger partial charge in [0.05, 0.1) is 5.69 Å². The maximum atomic E-state index is 4.32. The molecule has 1 saturated carbocycles. The lowest BCUT2D eigenvalue weighted by Crippen LogP contribution is -2.14. The van der Waals surface area contributed by atoms with Crippen LogP contribution < -0.4 is 10.2 Å². The smallest absolute Gasteiger partial charge is 0.151 e. The van der Waals surface area contributed by atoms with E-state index in [9.17, 15) is 0 Å². The third-order valence-electron chi connectivity index (χ3n) is 2.15. The molecule has 0 radical (unpaired) electrons. The first-order chi connectivity index (χ1) is 6.27. The van der Waals surface area contributed by atoms with E-state index in [2.05, 4.69) is 16.4 Å². The van der Waals surface area contributed by atoms with E-state index in [0.717, 1.165) is 11.5 Å². The predicted molar refractivity (Wildman–Crippen MR) is 55.2 cm³/mol. The number of hydrogen-bond donors (Lipinski definition) is 1. The Morgan fingerprint density at radius 1 is 1.46 bits per heavy atom. The lowest BCUT2D eigenvalue weighted by molar-refractivity contribution is 1.05. The predicted octanol–water partition coefficient (Wildman–Crippen LogP) is 1.72. The second-order valence-corrected chi connectivity index (χ2v) is 3.69. The molecule has 0 amide bonds. The van der Waals surface area contributed by atoms with Gasteiger partial charge in [-0.3, -0.25) is 0 Å². The van der Waals surface area contributed by atoms with Gasteiger partial charge in [-0.2, -0.15) is 0 Å². The van der Waals surface area contributed by atoms with Crippen molar-refractivity contribution in [3.05, 3.63) is 18.3 Å². The second kappa shape index (κ2) is 3.24. The molecule has 1 aromatic rings. The molecule has 1 fully saturated rings. The van der Waals surface area contributed by atoms with Crippen molar-refractivity contribution in [2.24, 2.45) is 0 Å². The minimum atomic E-state index is 0.683. The summed E-state index contributed by atoms with van der Waals surface area (Å²) in [6, 6.07) is 4.74. The van der Waals surface area contributed by atoms with Crippen LogP contribution in [-0.4, -0.2) is 25.1 Å². The maximum Gasteiger partial charge on any atom is 0.151 e. The molecule has 1 aliphatic carbocycles. The van der Waals surface area contributed by atoms with E-state index < -0.39 is 0 Å². The molecule has 0 bridgehead atoms.